The van der Waals surface area contributed by atoms with Gasteiger partial charge in [-0.15, -0.1) is 0 Å². The van der Waals surface area contributed by atoms with E-state index in [0.717, 1.165) is 11.3 Å². The van der Waals surface area contributed by atoms with E-state index in [9.17, 15) is 9.18 Å². The number of hydrogen-bond acceptors (Lipinski definition) is 3. The lowest BCUT2D eigenvalue weighted by Gasteiger charge is -2.44. The molecule has 0 saturated carbocycles. The Labute approximate surface area is 176 Å². The van der Waals surface area contributed by atoms with Crippen LogP contribution in [0.2, 0.25) is 0 Å². The van der Waals surface area contributed by atoms with Crippen LogP contribution in [-0.2, 0) is 11.3 Å². The molecule has 0 N–H and O–H groups in total. The van der Waals surface area contributed by atoms with E-state index in [2.05, 4.69) is 9.88 Å². The average molecular weight is 400 g/mol. The zero-order valence-electron chi connectivity index (χ0n) is 17.3. The molecule has 2 aromatic carbocycles. The Kier molecular flexibility index (Phi) is 5.60. The van der Waals surface area contributed by atoms with Crippen LogP contribution < -0.4 is 0 Å². The number of pyridine rings is 1. The van der Waals surface area contributed by atoms with Gasteiger partial charge in [0, 0.05) is 35.8 Å². The predicted octanol–water partition coefficient (Wildman–Crippen LogP) is 5.46. The maximum absolute atomic E-state index is 14.5. The Morgan fingerprint density at radius 3 is 2.43 bits per heavy atom. The van der Waals surface area contributed by atoms with Crippen molar-refractivity contribution in [2.45, 2.75) is 26.4 Å². The summed E-state index contributed by atoms with van der Waals surface area (Å²) in [7, 11) is 0. The summed E-state index contributed by atoms with van der Waals surface area (Å²) in [6.07, 6.45) is 3.61. The Morgan fingerprint density at radius 2 is 1.73 bits per heavy atom. The molecule has 0 bridgehead atoms. The third kappa shape index (κ3) is 4.10. The topological polar surface area (TPSA) is 33.2 Å². The largest absolute Gasteiger partial charge is 0.294 e. The Morgan fingerprint density at radius 1 is 1.03 bits per heavy atom. The summed E-state index contributed by atoms with van der Waals surface area (Å²) in [6.45, 7) is 4.87. The van der Waals surface area contributed by atoms with Gasteiger partial charge in [0.05, 0.1) is 11.7 Å². The Bertz CT molecular complexity index is 1060. The minimum absolute atomic E-state index is 0.104. The summed E-state index contributed by atoms with van der Waals surface area (Å²) >= 11 is 0. The summed E-state index contributed by atoms with van der Waals surface area (Å²) in [4.78, 5) is 20.1. The first-order chi connectivity index (χ1) is 14.5. The predicted molar refractivity (Wildman–Crippen MR) is 117 cm³/mol. The highest BCUT2D eigenvalue weighted by atomic mass is 19.1. The number of nitrogens with zero attached hydrogens (tertiary/aromatic N) is 2. The van der Waals surface area contributed by atoms with E-state index in [-0.39, 0.29) is 17.6 Å². The summed E-state index contributed by atoms with van der Waals surface area (Å²) in [5, 5.41) is 0. The highest BCUT2D eigenvalue weighted by Gasteiger charge is 2.44. The van der Waals surface area contributed by atoms with Crippen molar-refractivity contribution in [2.24, 2.45) is 5.41 Å². The number of benzene rings is 2. The van der Waals surface area contributed by atoms with E-state index in [0.29, 0.717) is 24.2 Å². The van der Waals surface area contributed by atoms with E-state index < -0.39 is 5.41 Å². The van der Waals surface area contributed by atoms with Crippen LogP contribution in [0.4, 0.5) is 4.39 Å². The van der Waals surface area contributed by atoms with Gasteiger partial charge in [0.2, 0.25) is 0 Å². The van der Waals surface area contributed by atoms with Gasteiger partial charge in [0.1, 0.15) is 5.82 Å². The molecule has 30 heavy (non-hydrogen) atoms. The van der Waals surface area contributed by atoms with Crippen LogP contribution >= 0.6 is 0 Å². The third-order valence-corrected chi connectivity index (χ3v) is 5.57. The highest BCUT2D eigenvalue weighted by Crippen LogP contribution is 2.42. The molecule has 0 spiro atoms. The molecule has 0 aliphatic carbocycles. The Hall–Kier alpha value is -3.11. The summed E-state index contributed by atoms with van der Waals surface area (Å²) in [5.41, 5.74) is 2.48. The normalized spacial score (nSPS) is 20.4. The Balaban J connectivity index is 1.84. The van der Waals surface area contributed by atoms with Crippen LogP contribution in [0.25, 0.3) is 6.08 Å². The molecule has 4 heteroatoms. The van der Waals surface area contributed by atoms with Crippen LogP contribution in [0, 0.1) is 11.2 Å². The number of carbonyl (C=O) groups excluding carboxylic acids is 1. The molecular formula is C26H25FN2O. The number of hydrogen-bond donors (Lipinski definition) is 0. The number of Topliss-reactive ketones (excluding diaryl/α,β-unsaturated/α-hetero) is 1. The molecule has 0 amide bonds. The van der Waals surface area contributed by atoms with E-state index >= 15 is 0 Å². The fourth-order valence-corrected chi connectivity index (χ4v) is 4.17. The molecular weight excluding hydrogens is 375 g/mol. The first kappa shape index (κ1) is 20.2. The number of ketones is 1. The van der Waals surface area contributed by atoms with Crippen molar-refractivity contribution in [2.75, 3.05) is 6.54 Å². The van der Waals surface area contributed by atoms with Gasteiger partial charge in [0.25, 0.3) is 0 Å². The smallest absolute Gasteiger partial charge is 0.167 e. The van der Waals surface area contributed by atoms with Gasteiger partial charge in [-0.1, -0.05) is 68.4 Å². The van der Waals surface area contributed by atoms with Crippen molar-refractivity contribution in [3.05, 3.63) is 107 Å². The van der Waals surface area contributed by atoms with Gasteiger partial charge in [-0.2, -0.15) is 0 Å². The van der Waals surface area contributed by atoms with Gasteiger partial charge in [0.15, 0.2) is 5.78 Å². The van der Waals surface area contributed by atoms with Crippen molar-refractivity contribution in [3.8, 4) is 0 Å². The lowest BCUT2D eigenvalue weighted by Crippen LogP contribution is -2.49. The SMILES string of the molecule is CC1(C)CN(Cc2ccccc2F)C(c2ccccc2)/C(=C\c2ccccn2)C1=O. The van der Waals surface area contributed by atoms with E-state index in [1.165, 1.54) is 6.07 Å². The maximum atomic E-state index is 14.5. The minimum Gasteiger partial charge on any atom is -0.294 e. The van der Waals surface area contributed by atoms with Crippen molar-refractivity contribution in [1.82, 2.24) is 9.88 Å². The molecule has 1 fully saturated rings. The number of carbonyl (C=O) groups is 1. The quantitative estimate of drug-likeness (QED) is 0.546. The molecule has 3 aromatic rings. The van der Waals surface area contributed by atoms with Gasteiger partial charge >= 0.3 is 0 Å². The molecule has 0 radical (unpaired) electrons. The second-order valence-electron chi connectivity index (χ2n) is 8.38. The van der Waals surface area contributed by atoms with E-state index in [1.54, 1.807) is 12.3 Å². The molecule has 1 atom stereocenters. The number of aromatic nitrogens is 1. The first-order valence-corrected chi connectivity index (χ1v) is 10.2. The number of halogens is 1. The third-order valence-electron chi connectivity index (χ3n) is 5.57. The van der Waals surface area contributed by atoms with E-state index in [1.807, 2.05) is 80.6 Å². The second-order valence-corrected chi connectivity index (χ2v) is 8.38. The van der Waals surface area contributed by atoms with Crippen LogP contribution in [-0.4, -0.2) is 22.2 Å². The van der Waals surface area contributed by atoms with Gasteiger partial charge < -0.3 is 0 Å². The summed E-state index contributed by atoms with van der Waals surface area (Å²) in [6, 6.07) is 22.2. The zero-order valence-corrected chi connectivity index (χ0v) is 17.3. The van der Waals surface area contributed by atoms with Crippen molar-refractivity contribution >= 4 is 11.9 Å². The standard InChI is InChI=1S/C26H25FN2O/c1-26(2)18-29(17-20-12-6-7-14-23(20)27)24(19-10-4-3-5-11-19)22(25(26)30)16-21-13-8-9-15-28-21/h3-16,24H,17-18H2,1-2H3/b22-16+. The van der Waals surface area contributed by atoms with Crippen molar-refractivity contribution in [3.63, 3.8) is 0 Å². The fourth-order valence-electron chi connectivity index (χ4n) is 4.17. The van der Waals surface area contributed by atoms with Gasteiger partial charge in [-0.25, -0.2) is 4.39 Å². The second kappa shape index (κ2) is 8.33. The fraction of sp³-hybridized carbons (Fsp3) is 0.231. The van der Waals surface area contributed by atoms with Crippen LogP contribution in [0.15, 0.2) is 84.6 Å². The van der Waals surface area contributed by atoms with Gasteiger partial charge in [-0.05, 0) is 29.8 Å². The number of piperidine rings is 1. The molecule has 1 aliphatic rings. The molecule has 2 heterocycles. The number of likely N-dealkylation sites (tertiary alicyclic amines) is 1. The molecule has 1 aromatic heterocycles. The van der Waals surface area contributed by atoms with Gasteiger partial charge in [-0.3, -0.25) is 14.7 Å². The molecule has 152 valence electrons. The van der Waals surface area contributed by atoms with Crippen molar-refractivity contribution < 1.29 is 9.18 Å². The van der Waals surface area contributed by atoms with Crippen LogP contribution in [0.5, 0.6) is 0 Å². The lowest BCUT2D eigenvalue weighted by molar-refractivity contribution is -0.128. The lowest BCUT2D eigenvalue weighted by atomic mass is 9.74. The number of rotatable bonds is 4. The molecule has 1 saturated heterocycles. The molecule has 4 rings (SSSR count). The average Bonchev–Trinajstić information content (AvgIpc) is 2.75. The molecule has 1 unspecified atom stereocenters. The van der Waals surface area contributed by atoms with E-state index in [4.69, 9.17) is 0 Å². The van der Waals surface area contributed by atoms with Crippen molar-refractivity contribution in [1.29, 1.82) is 0 Å². The monoisotopic (exact) mass is 400 g/mol. The zero-order chi connectivity index (χ0) is 21.1. The first-order valence-electron chi connectivity index (χ1n) is 10.2. The minimum atomic E-state index is -0.586. The highest BCUT2D eigenvalue weighted by molar-refractivity contribution is 6.05. The van der Waals surface area contributed by atoms with Crippen LogP contribution in [0.3, 0.4) is 0 Å². The molecule has 1 aliphatic heterocycles. The summed E-state index contributed by atoms with van der Waals surface area (Å²) in [5.74, 6) is -0.124. The molecule has 3 nitrogen and oxygen atoms in total. The summed E-state index contributed by atoms with van der Waals surface area (Å²) < 4.78 is 14.5. The van der Waals surface area contributed by atoms with Crippen LogP contribution in [0.1, 0.15) is 36.7 Å². The maximum Gasteiger partial charge on any atom is 0.167 e.